The Kier molecular flexibility index (Phi) is 5.36. The van der Waals surface area contributed by atoms with E-state index >= 15 is 0 Å². The number of rotatable bonds is 2. The summed E-state index contributed by atoms with van der Waals surface area (Å²) in [6, 6.07) is 0.156. The molecule has 140 valence electrons. The van der Waals surface area contributed by atoms with Gasteiger partial charge in [0.1, 0.15) is 0 Å². The lowest BCUT2D eigenvalue weighted by Gasteiger charge is -2.22. The lowest BCUT2D eigenvalue weighted by atomic mass is 9.96. The summed E-state index contributed by atoms with van der Waals surface area (Å²) in [5.41, 5.74) is 0.940. The van der Waals surface area contributed by atoms with Crippen molar-refractivity contribution in [3.8, 4) is 0 Å². The topological polar surface area (TPSA) is 84.3 Å². The van der Waals surface area contributed by atoms with Crippen molar-refractivity contribution in [2.45, 2.75) is 63.7 Å². The van der Waals surface area contributed by atoms with Crippen molar-refractivity contribution in [3.05, 3.63) is 11.8 Å². The number of sulfone groups is 1. The molecule has 0 radical (unpaired) electrons. The Morgan fingerprint density at radius 2 is 1.92 bits per heavy atom. The van der Waals surface area contributed by atoms with Gasteiger partial charge >= 0.3 is 6.03 Å². The third kappa shape index (κ3) is 4.16. The normalized spacial score (nSPS) is 24.7. The van der Waals surface area contributed by atoms with E-state index in [0.717, 1.165) is 18.4 Å². The van der Waals surface area contributed by atoms with E-state index in [1.807, 2.05) is 17.8 Å². The maximum Gasteiger partial charge on any atom is 0.323 e. The Labute approximate surface area is 149 Å². The van der Waals surface area contributed by atoms with E-state index in [4.69, 9.17) is 0 Å². The fourth-order valence-electron chi connectivity index (χ4n) is 3.59. The lowest BCUT2D eigenvalue weighted by molar-refractivity contribution is 0.215. The van der Waals surface area contributed by atoms with Crippen LogP contribution >= 0.6 is 0 Å². The molecule has 1 unspecified atom stereocenters. The molecule has 1 aromatic heterocycles. The highest BCUT2D eigenvalue weighted by Crippen LogP contribution is 2.29. The van der Waals surface area contributed by atoms with Crippen LogP contribution < -0.4 is 5.32 Å². The Balaban J connectivity index is 1.65. The van der Waals surface area contributed by atoms with Crippen LogP contribution in [0.15, 0.2) is 6.20 Å². The van der Waals surface area contributed by atoms with Crippen LogP contribution in [0.25, 0.3) is 0 Å². The Morgan fingerprint density at radius 3 is 2.64 bits per heavy atom. The van der Waals surface area contributed by atoms with Gasteiger partial charge in [0, 0.05) is 24.8 Å². The summed E-state index contributed by atoms with van der Waals surface area (Å²) < 4.78 is 26.0. The molecule has 25 heavy (non-hydrogen) atoms. The molecule has 7 nitrogen and oxygen atoms in total. The number of carbonyl (C=O) groups excluding carboxylic acids is 1. The number of nitrogens with one attached hydrogen (secondary N) is 1. The van der Waals surface area contributed by atoms with Crippen molar-refractivity contribution in [1.82, 2.24) is 14.7 Å². The number of anilines is 1. The number of hydrogen-bond acceptors (Lipinski definition) is 4. The first-order valence-electron chi connectivity index (χ1n) is 9.20. The number of amides is 2. The van der Waals surface area contributed by atoms with E-state index in [1.165, 1.54) is 19.3 Å². The summed E-state index contributed by atoms with van der Waals surface area (Å²) in [4.78, 5) is 14.1. The maximum atomic E-state index is 12.5. The second-order valence-corrected chi connectivity index (χ2v) is 9.85. The molecule has 1 atom stereocenters. The smallest absolute Gasteiger partial charge is 0.323 e. The molecule has 2 heterocycles. The highest BCUT2D eigenvalue weighted by Gasteiger charge is 2.29. The fraction of sp³-hybridized carbons (Fsp3) is 0.765. The molecule has 1 aliphatic carbocycles. The van der Waals surface area contributed by atoms with Crippen molar-refractivity contribution in [2.24, 2.45) is 0 Å². The van der Waals surface area contributed by atoms with Crippen LogP contribution in [0.1, 0.15) is 57.1 Å². The predicted octanol–water partition coefficient (Wildman–Crippen LogP) is 2.74. The monoisotopic (exact) mass is 368 g/mol. The van der Waals surface area contributed by atoms with E-state index in [-0.39, 0.29) is 18.3 Å². The van der Waals surface area contributed by atoms with Crippen LogP contribution in [-0.2, 0) is 9.84 Å². The van der Waals surface area contributed by atoms with Gasteiger partial charge in [0.05, 0.1) is 17.0 Å². The zero-order valence-corrected chi connectivity index (χ0v) is 15.9. The van der Waals surface area contributed by atoms with Crippen LogP contribution in [0.5, 0.6) is 0 Å². The molecular formula is C17H28N4O3S. The van der Waals surface area contributed by atoms with Gasteiger partial charge in [-0.2, -0.15) is 5.10 Å². The summed E-state index contributed by atoms with van der Waals surface area (Å²) in [7, 11) is -3.10. The molecular weight excluding hydrogens is 340 g/mol. The van der Waals surface area contributed by atoms with Gasteiger partial charge < -0.3 is 4.90 Å². The van der Waals surface area contributed by atoms with Gasteiger partial charge in [-0.05, 0) is 33.1 Å². The number of aryl methyl sites for hydroxylation is 1. The second-order valence-electron chi connectivity index (χ2n) is 7.32. The van der Waals surface area contributed by atoms with Gasteiger partial charge in [-0.1, -0.05) is 19.3 Å². The third-order valence-electron chi connectivity index (χ3n) is 5.44. The SMILES string of the molecule is Cc1cn(C2CCCCC2)nc1NC(=O)N1CCC(C)S(=O)(=O)CC1. The van der Waals surface area contributed by atoms with Gasteiger partial charge in [-0.25, -0.2) is 13.2 Å². The average molecular weight is 369 g/mol. The molecule has 3 rings (SSSR count). The van der Waals surface area contributed by atoms with Gasteiger partial charge in [0.25, 0.3) is 0 Å². The third-order valence-corrected chi connectivity index (χ3v) is 7.65. The fourth-order valence-corrected chi connectivity index (χ4v) is 4.93. The lowest BCUT2D eigenvalue weighted by Crippen LogP contribution is -2.37. The number of carbonyl (C=O) groups is 1. The van der Waals surface area contributed by atoms with Crippen molar-refractivity contribution >= 4 is 21.7 Å². The molecule has 8 heteroatoms. The maximum absolute atomic E-state index is 12.5. The minimum atomic E-state index is -3.10. The Morgan fingerprint density at radius 1 is 1.20 bits per heavy atom. The van der Waals surface area contributed by atoms with E-state index < -0.39 is 15.1 Å². The minimum absolute atomic E-state index is 0.0249. The molecule has 1 aromatic rings. The summed E-state index contributed by atoms with van der Waals surface area (Å²) in [5.74, 6) is 0.604. The average Bonchev–Trinajstić information content (AvgIpc) is 2.89. The van der Waals surface area contributed by atoms with Crippen LogP contribution in [0.3, 0.4) is 0 Å². The quantitative estimate of drug-likeness (QED) is 0.870. The molecule has 2 amide bonds. The first-order chi connectivity index (χ1) is 11.9. The summed E-state index contributed by atoms with van der Waals surface area (Å²) >= 11 is 0. The van der Waals surface area contributed by atoms with Crippen LogP contribution in [0.2, 0.25) is 0 Å². The van der Waals surface area contributed by atoms with Crippen LogP contribution in [-0.4, -0.2) is 53.2 Å². The number of nitrogens with zero attached hydrogens (tertiary/aromatic N) is 3. The van der Waals surface area contributed by atoms with Crippen LogP contribution in [0, 0.1) is 6.92 Å². The van der Waals surface area contributed by atoms with E-state index in [1.54, 1.807) is 11.8 Å². The Hall–Kier alpha value is -1.57. The molecule has 2 aliphatic rings. The van der Waals surface area contributed by atoms with Gasteiger partial charge in [-0.15, -0.1) is 0 Å². The number of hydrogen-bond donors (Lipinski definition) is 1. The van der Waals surface area contributed by atoms with E-state index in [9.17, 15) is 13.2 Å². The van der Waals surface area contributed by atoms with Crippen molar-refractivity contribution < 1.29 is 13.2 Å². The minimum Gasteiger partial charge on any atom is -0.323 e. The number of urea groups is 1. The Bertz CT molecular complexity index is 722. The summed E-state index contributed by atoms with van der Waals surface area (Å²) in [6.07, 6.45) is 8.49. The molecule has 1 aliphatic heterocycles. The molecule has 1 saturated heterocycles. The standard InChI is InChI=1S/C17H28N4O3S/c1-13-12-21(15-6-4-3-5-7-15)19-16(13)18-17(22)20-9-8-14(2)25(23,24)11-10-20/h12,14-15H,3-11H2,1-2H3,(H,18,19,22). The van der Waals surface area contributed by atoms with E-state index in [0.29, 0.717) is 24.8 Å². The molecule has 2 fully saturated rings. The van der Waals surface area contributed by atoms with E-state index in [2.05, 4.69) is 10.4 Å². The molecule has 0 spiro atoms. The van der Waals surface area contributed by atoms with Crippen molar-refractivity contribution in [1.29, 1.82) is 0 Å². The molecule has 1 N–H and O–H groups in total. The van der Waals surface area contributed by atoms with Gasteiger partial charge in [0.15, 0.2) is 15.7 Å². The summed E-state index contributed by atoms with van der Waals surface area (Å²) in [5, 5.41) is 7.05. The van der Waals surface area contributed by atoms with Crippen molar-refractivity contribution in [3.63, 3.8) is 0 Å². The molecule has 0 bridgehead atoms. The largest absolute Gasteiger partial charge is 0.323 e. The highest BCUT2D eigenvalue weighted by molar-refractivity contribution is 7.92. The van der Waals surface area contributed by atoms with Gasteiger partial charge in [0.2, 0.25) is 0 Å². The summed E-state index contributed by atoms with van der Waals surface area (Å²) in [6.45, 7) is 4.35. The number of aromatic nitrogens is 2. The zero-order valence-electron chi connectivity index (χ0n) is 15.1. The second kappa shape index (κ2) is 7.35. The molecule has 0 aromatic carbocycles. The zero-order chi connectivity index (χ0) is 18.0. The first kappa shape index (κ1) is 18.2. The predicted molar refractivity (Wildman–Crippen MR) is 97.5 cm³/mol. The first-order valence-corrected chi connectivity index (χ1v) is 10.9. The van der Waals surface area contributed by atoms with Crippen LogP contribution in [0.4, 0.5) is 10.6 Å². The van der Waals surface area contributed by atoms with Gasteiger partial charge in [-0.3, -0.25) is 10.00 Å². The molecule has 1 saturated carbocycles. The highest BCUT2D eigenvalue weighted by atomic mass is 32.2. The van der Waals surface area contributed by atoms with Crippen molar-refractivity contribution in [2.75, 3.05) is 24.2 Å².